The van der Waals surface area contributed by atoms with Crippen LogP contribution in [0.5, 0.6) is 0 Å². The summed E-state index contributed by atoms with van der Waals surface area (Å²) in [6.07, 6.45) is 0.859. The lowest BCUT2D eigenvalue weighted by atomic mass is 10.2. The molecule has 1 aliphatic heterocycles. The highest BCUT2D eigenvalue weighted by Gasteiger charge is 2.15. The van der Waals surface area contributed by atoms with Gasteiger partial charge < -0.3 is 10.1 Å². The Morgan fingerprint density at radius 1 is 1.50 bits per heavy atom. The minimum absolute atomic E-state index is 0.0126. The standard InChI is InChI=1S/C12H16ClN3O2/c13-10-4-2-1-3-9(10)7-18-8-12(17)15-11-5-6-14-16-11/h1-4,11,14,16H,5-8H2,(H,15,17). The Hall–Kier alpha value is -1.14. The third kappa shape index (κ3) is 3.96. The number of amides is 1. The summed E-state index contributed by atoms with van der Waals surface area (Å²) in [4.78, 5) is 11.5. The first-order valence-corrected chi connectivity index (χ1v) is 6.22. The van der Waals surface area contributed by atoms with Crippen LogP contribution in [-0.4, -0.2) is 25.2 Å². The zero-order chi connectivity index (χ0) is 12.8. The van der Waals surface area contributed by atoms with Gasteiger partial charge in [0.15, 0.2) is 0 Å². The fraction of sp³-hybridized carbons (Fsp3) is 0.417. The van der Waals surface area contributed by atoms with Crippen molar-refractivity contribution in [1.29, 1.82) is 0 Å². The lowest BCUT2D eigenvalue weighted by Gasteiger charge is -2.12. The van der Waals surface area contributed by atoms with Gasteiger partial charge in [0.1, 0.15) is 6.61 Å². The summed E-state index contributed by atoms with van der Waals surface area (Å²) in [7, 11) is 0. The molecule has 0 saturated carbocycles. The number of carbonyl (C=O) groups excluding carboxylic acids is 1. The fourth-order valence-corrected chi connectivity index (χ4v) is 1.89. The number of nitrogens with one attached hydrogen (secondary N) is 3. The first-order chi connectivity index (χ1) is 8.75. The first-order valence-electron chi connectivity index (χ1n) is 5.84. The van der Waals surface area contributed by atoms with Crippen molar-refractivity contribution >= 4 is 17.5 Å². The van der Waals surface area contributed by atoms with E-state index < -0.39 is 0 Å². The van der Waals surface area contributed by atoms with Gasteiger partial charge in [0, 0.05) is 11.6 Å². The summed E-state index contributed by atoms with van der Waals surface area (Å²) in [6, 6.07) is 7.42. The molecule has 2 rings (SSSR count). The van der Waals surface area contributed by atoms with Gasteiger partial charge in [0.05, 0.1) is 12.8 Å². The molecule has 0 aromatic heterocycles. The Morgan fingerprint density at radius 3 is 3.06 bits per heavy atom. The summed E-state index contributed by atoms with van der Waals surface area (Å²) >= 11 is 5.98. The van der Waals surface area contributed by atoms with Crippen LogP contribution in [0.1, 0.15) is 12.0 Å². The van der Waals surface area contributed by atoms with Crippen molar-refractivity contribution < 1.29 is 9.53 Å². The molecule has 5 nitrogen and oxygen atoms in total. The van der Waals surface area contributed by atoms with E-state index in [9.17, 15) is 4.79 Å². The zero-order valence-corrected chi connectivity index (χ0v) is 10.7. The molecule has 1 aromatic carbocycles. The van der Waals surface area contributed by atoms with Gasteiger partial charge in [-0.2, -0.15) is 0 Å². The van der Waals surface area contributed by atoms with Crippen LogP contribution in [0.2, 0.25) is 5.02 Å². The first kappa shape index (κ1) is 13.3. The van der Waals surface area contributed by atoms with E-state index in [2.05, 4.69) is 16.2 Å². The van der Waals surface area contributed by atoms with E-state index in [1.807, 2.05) is 18.2 Å². The highest BCUT2D eigenvalue weighted by atomic mass is 35.5. The van der Waals surface area contributed by atoms with E-state index >= 15 is 0 Å². The molecule has 1 saturated heterocycles. The summed E-state index contributed by atoms with van der Waals surface area (Å²) in [5, 5.41) is 3.46. The highest BCUT2D eigenvalue weighted by molar-refractivity contribution is 6.31. The molecule has 0 aliphatic carbocycles. The topological polar surface area (TPSA) is 62.4 Å². The maximum Gasteiger partial charge on any atom is 0.247 e. The second-order valence-corrected chi connectivity index (χ2v) is 4.47. The lowest BCUT2D eigenvalue weighted by molar-refractivity contribution is -0.126. The second-order valence-electron chi connectivity index (χ2n) is 4.06. The summed E-state index contributed by atoms with van der Waals surface area (Å²) in [5.41, 5.74) is 6.77. The molecule has 6 heteroatoms. The summed E-state index contributed by atoms with van der Waals surface area (Å²) < 4.78 is 5.33. The van der Waals surface area contributed by atoms with Crippen molar-refractivity contribution in [1.82, 2.24) is 16.2 Å². The van der Waals surface area contributed by atoms with Gasteiger partial charge in [-0.1, -0.05) is 29.8 Å². The van der Waals surface area contributed by atoms with Crippen LogP contribution in [0, 0.1) is 0 Å². The molecule has 98 valence electrons. The third-order valence-electron chi connectivity index (χ3n) is 2.62. The molecule has 0 bridgehead atoms. The van der Waals surface area contributed by atoms with Crippen molar-refractivity contribution in [2.45, 2.75) is 19.2 Å². The molecule has 1 fully saturated rings. The van der Waals surface area contributed by atoms with E-state index in [0.29, 0.717) is 11.6 Å². The van der Waals surface area contributed by atoms with Gasteiger partial charge >= 0.3 is 0 Å². The minimum Gasteiger partial charge on any atom is -0.367 e. The summed E-state index contributed by atoms with van der Waals surface area (Å²) in [5.74, 6) is -0.136. The molecule has 1 unspecified atom stereocenters. The van der Waals surface area contributed by atoms with E-state index in [1.165, 1.54) is 0 Å². The number of hydrogen-bond acceptors (Lipinski definition) is 4. The number of halogens is 1. The van der Waals surface area contributed by atoms with Crippen molar-refractivity contribution in [3.8, 4) is 0 Å². The SMILES string of the molecule is O=C(COCc1ccccc1Cl)NC1CCNN1. The molecule has 3 N–H and O–H groups in total. The predicted octanol–water partition coefficient (Wildman–Crippen LogP) is 0.797. The van der Waals surface area contributed by atoms with Crippen molar-refractivity contribution in [3.63, 3.8) is 0 Å². The predicted molar refractivity (Wildman–Crippen MR) is 68.8 cm³/mol. The Morgan fingerprint density at radius 2 is 2.33 bits per heavy atom. The van der Waals surface area contributed by atoms with E-state index in [-0.39, 0.29) is 18.7 Å². The largest absolute Gasteiger partial charge is 0.367 e. The van der Waals surface area contributed by atoms with Crippen molar-refractivity contribution in [2.75, 3.05) is 13.2 Å². The fourth-order valence-electron chi connectivity index (χ4n) is 1.70. The molecule has 1 aliphatic rings. The van der Waals surface area contributed by atoms with E-state index in [1.54, 1.807) is 6.07 Å². The van der Waals surface area contributed by atoms with Crippen LogP contribution in [0.25, 0.3) is 0 Å². The lowest BCUT2D eigenvalue weighted by Crippen LogP contribution is -2.45. The quantitative estimate of drug-likeness (QED) is 0.740. The van der Waals surface area contributed by atoms with Gasteiger partial charge in [0.25, 0.3) is 0 Å². The molecule has 18 heavy (non-hydrogen) atoms. The molecule has 1 amide bonds. The average molecular weight is 270 g/mol. The van der Waals surface area contributed by atoms with E-state index in [0.717, 1.165) is 18.5 Å². The molecular formula is C12H16ClN3O2. The minimum atomic E-state index is -0.136. The van der Waals surface area contributed by atoms with Crippen LogP contribution in [0.3, 0.4) is 0 Å². The van der Waals surface area contributed by atoms with Crippen LogP contribution in [-0.2, 0) is 16.1 Å². The maximum atomic E-state index is 11.5. The van der Waals surface area contributed by atoms with Gasteiger partial charge in [-0.05, 0) is 18.1 Å². The Balaban J connectivity index is 1.68. The molecule has 0 spiro atoms. The van der Waals surface area contributed by atoms with Crippen LogP contribution < -0.4 is 16.2 Å². The van der Waals surface area contributed by atoms with E-state index in [4.69, 9.17) is 16.3 Å². The molecular weight excluding hydrogens is 254 g/mol. The Bertz CT molecular complexity index is 408. The number of hydrogen-bond donors (Lipinski definition) is 3. The Labute approximate surface area is 111 Å². The number of rotatable bonds is 5. The third-order valence-corrected chi connectivity index (χ3v) is 2.99. The normalized spacial score (nSPS) is 18.8. The average Bonchev–Trinajstić information content (AvgIpc) is 2.84. The highest BCUT2D eigenvalue weighted by Crippen LogP contribution is 2.15. The number of hydrazine groups is 1. The maximum absolute atomic E-state index is 11.5. The van der Waals surface area contributed by atoms with Crippen molar-refractivity contribution in [2.24, 2.45) is 0 Å². The summed E-state index contributed by atoms with van der Waals surface area (Å²) in [6.45, 7) is 1.22. The Kier molecular flexibility index (Phi) is 4.95. The molecule has 1 atom stereocenters. The van der Waals surface area contributed by atoms with Gasteiger partial charge in [-0.3, -0.25) is 10.2 Å². The second kappa shape index (κ2) is 6.70. The van der Waals surface area contributed by atoms with Gasteiger partial charge in [0.2, 0.25) is 5.91 Å². The van der Waals surface area contributed by atoms with Gasteiger partial charge in [-0.25, -0.2) is 5.43 Å². The monoisotopic (exact) mass is 269 g/mol. The smallest absolute Gasteiger partial charge is 0.247 e. The molecule has 0 radical (unpaired) electrons. The van der Waals surface area contributed by atoms with Crippen LogP contribution >= 0.6 is 11.6 Å². The number of carbonyl (C=O) groups is 1. The number of ether oxygens (including phenoxy) is 1. The van der Waals surface area contributed by atoms with Crippen molar-refractivity contribution in [3.05, 3.63) is 34.9 Å². The van der Waals surface area contributed by atoms with Gasteiger partial charge in [-0.15, -0.1) is 0 Å². The van der Waals surface area contributed by atoms with Crippen LogP contribution in [0.4, 0.5) is 0 Å². The zero-order valence-electron chi connectivity index (χ0n) is 9.91. The van der Waals surface area contributed by atoms with Crippen LogP contribution in [0.15, 0.2) is 24.3 Å². The molecule has 1 aromatic rings. The molecule has 1 heterocycles. The number of benzene rings is 1.